The van der Waals surface area contributed by atoms with Gasteiger partial charge in [-0.15, -0.1) is 0 Å². The zero-order chi connectivity index (χ0) is 5.11. The maximum atomic E-state index is 8.38. The summed E-state index contributed by atoms with van der Waals surface area (Å²) >= 11 is 0. The molecule has 41 valence electrons. The lowest BCUT2D eigenvalue weighted by atomic mass is 10.4. The van der Waals surface area contributed by atoms with Crippen LogP contribution in [0.3, 0.4) is 0 Å². The Balaban J connectivity index is 2.14. The molecule has 0 bridgehead atoms. The van der Waals surface area contributed by atoms with Crippen molar-refractivity contribution in [3.05, 3.63) is 6.73 Å². The van der Waals surface area contributed by atoms with Crippen LogP contribution in [0.25, 0.3) is 0 Å². The van der Waals surface area contributed by atoms with Crippen molar-refractivity contribution < 1.29 is 9.84 Å². The third-order valence-corrected chi connectivity index (χ3v) is 0.893. The first-order valence-corrected chi connectivity index (χ1v) is 2.25. The quantitative estimate of drug-likeness (QED) is 0.450. The molecule has 3 nitrogen and oxygen atoms in total. The van der Waals surface area contributed by atoms with Crippen LogP contribution in [-0.2, 0) is 4.74 Å². The Hall–Kier alpha value is -0.120. The Morgan fingerprint density at radius 1 is 2.00 bits per heavy atom. The number of aliphatic hydroxyl groups is 1. The average molecular weight is 102 g/mol. The van der Waals surface area contributed by atoms with Crippen molar-refractivity contribution in [2.45, 2.75) is 6.10 Å². The number of nitrogens with one attached hydrogen (secondary N) is 1. The van der Waals surface area contributed by atoms with E-state index in [2.05, 4.69) is 5.32 Å². The lowest BCUT2D eigenvalue weighted by Gasteiger charge is -1.98. The number of rotatable bonds is 1. The van der Waals surface area contributed by atoms with E-state index in [1.54, 1.807) is 0 Å². The highest BCUT2D eigenvalue weighted by molar-refractivity contribution is 4.69. The maximum absolute atomic E-state index is 8.38. The van der Waals surface area contributed by atoms with Crippen LogP contribution in [0.5, 0.6) is 0 Å². The van der Waals surface area contributed by atoms with Crippen LogP contribution in [0.2, 0.25) is 0 Å². The zero-order valence-corrected chi connectivity index (χ0v) is 3.92. The average Bonchev–Trinajstić information content (AvgIpc) is 2.14. The van der Waals surface area contributed by atoms with Crippen LogP contribution in [0.15, 0.2) is 0 Å². The maximum Gasteiger partial charge on any atom is 0.148 e. The van der Waals surface area contributed by atoms with E-state index < -0.39 is 0 Å². The van der Waals surface area contributed by atoms with E-state index in [0.717, 1.165) is 6.54 Å². The Morgan fingerprint density at radius 2 is 2.86 bits per heavy atom. The van der Waals surface area contributed by atoms with E-state index in [9.17, 15) is 0 Å². The second-order valence-electron chi connectivity index (χ2n) is 1.47. The number of hydrogen-bond donors (Lipinski definition) is 2. The van der Waals surface area contributed by atoms with Gasteiger partial charge in [0.15, 0.2) is 0 Å². The number of hydrogen-bond acceptors (Lipinski definition) is 3. The SMILES string of the molecule is OCC1CN[CH]O1. The molecule has 0 aromatic rings. The van der Waals surface area contributed by atoms with Crippen molar-refractivity contribution in [3.63, 3.8) is 0 Å². The van der Waals surface area contributed by atoms with Gasteiger partial charge in [0, 0.05) is 6.54 Å². The second kappa shape index (κ2) is 2.26. The lowest BCUT2D eigenvalue weighted by molar-refractivity contribution is 0.0932. The van der Waals surface area contributed by atoms with Gasteiger partial charge in [-0.2, -0.15) is 0 Å². The molecule has 0 aromatic heterocycles. The van der Waals surface area contributed by atoms with Gasteiger partial charge in [-0.1, -0.05) is 0 Å². The number of aliphatic hydroxyl groups excluding tert-OH is 1. The van der Waals surface area contributed by atoms with Crippen molar-refractivity contribution >= 4 is 0 Å². The van der Waals surface area contributed by atoms with Gasteiger partial charge < -0.3 is 9.84 Å². The molecule has 2 N–H and O–H groups in total. The first-order chi connectivity index (χ1) is 3.43. The van der Waals surface area contributed by atoms with Gasteiger partial charge in [-0.05, 0) is 0 Å². The van der Waals surface area contributed by atoms with E-state index >= 15 is 0 Å². The molecule has 1 aliphatic rings. The highest BCUT2D eigenvalue weighted by Crippen LogP contribution is 1.96. The predicted octanol–water partition coefficient (Wildman–Crippen LogP) is -0.914. The summed E-state index contributed by atoms with van der Waals surface area (Å²) in [6, 6.07) is 0. The summed E-state index contributed by atoms with van der Waals surface area (Å²) in [4.78, 5) is 0. The summed E-state index contributed by atoms with van der Waals surface area (Å²) in [6.45, 7) is 2.33. The van der Waals surface area contributed by atoms with Crippen LogP contribution in [0.1, 0.15) is 0 Å². The van der Waals surface area contributed by atoms with E-state index in [1.165, 1.54) is 6.73 Å². The van der Waals surface area contributed by atoms with Crippen LogP contribution < -0.4 is 5.32 Å². The normalized spacial score (nSPS) is 31.3. The summed E-state index contributed by atoms with van der Waals surface area (Å²) in [5, 5.41) is 11.2. The Kier molecular flexibility index (Phi) is 1.62. The topological polar surface area (TPSA) is 41.5 Å². The highest BCUT2D eigenvalue weighted by Gasteiger charge is 2.12. The van der Waals surface area contributed by atoms with Gasteiger partial charge in [-0.3, -0.25) is 5.32 Å². The van der Waals surface area contributed by atoms with Crippen molar-refractivity contribution in [2.75, 3.05) is 13.2 Å². The van der Waals surface area contributed by atoms with Gasteiger partial charge in [0.1, 0.15) is 6.73 Å². The molecule has 3 heteroatoms. The summed E-state index contributed by atoms with van der Waals surface area (Å²) in [6.07, 6.45) is -0.0139. The minimum atomic E-state index is -0.0139. The lowest BCUT2D eigenvalue weighted by Crippen LogP contribution is -2.17. The van der Waals surface area contributed by atoms with E-state index in [-0.39, 0.29) is 12.7 Å². The Morgan fingerprint density at radius 3 is 3.14 bits per heavy atom. The predicted molar refractivity (Wildman–Crippen MR) is 24.3 cm³/mol. The molecule has 1 fully saturated rings. The summed E-state index contributed by atoms with van der Waals surface area (Å²) < 4.78 is 4.82. The molecule has 0 spiro atoms. The van der Waals surface area contributed by atoms with Crippen LogP contribution in [0.4, 0.5) is 0 Å². The number of ether oxygens (including phenoxy) is 1. The molecular weight excluding hydrogens is 94.0 g/mol. The molecule has 0 aromatic carbocycles. The van der Waals surface area contributed by atoms with Crippen molar-refractivity contribution in [3.8, 4) is 0 Å². The molecular formula is C4H8NO2. The molecule has 1 aliphatic heterocycles. The Bertz CT molecular complexity index is 51.7. The molecule has 0 amide bonds. The first kappa shape index (κ1) is 5.03. The van der Waals surface area contributed by atoms with Crippen LogP contribution >= 0.6 is 0 Å². The van der Waals surface area contributed by atoms with Crippen LogP contribution in [-0.4, -0.2) is 24.4 Å². The van der Waals surface area contributed by atoms with Gasteiger partial charge in [0.05, 0.1) is 12.7 Å². The van der Waals surface area contributed by atoms with E-state index in [0.29, 0.717) is 0 Å². The Labute approximate surface area is 42.3 Å². The van der Waals surface area contributed by atoms with Gasteiger partial charge in [0.25, 0.3) is 0 Å². The molecule has 1 saturated heterocycles. The second-order valence-corrected chi connectivity index (χ2v) is 1.47. The monoisotopic (exact) mass is 102 g/mol. The molecule has 1 rings (SSSR count). The molecule has 1 atom stereocenters. The van der Waals surface area contributed by atoms with E-state index in [4.69, 9.17) is 9.84 Å². The molecule has 1 unspecified atom stereocenters. The smallest absolute Gasteiger partial charge is 0.148 e. The van der Waals surface area contributed by atoms with Gasteiger partial charge in [-0.25, -0.2) is 0 Å². The molecule has 1 heterocycles. The molecule has 1 radical (unpaired) electrons. The third kappa shape index (κ3) is 1.12. The molecule has 0 aliphatic carbocycles. The van der Waals surface area contributed by atoms with Crippen molar-refractivity contribution in [1.82, 2.24) is 5.32 Å². The summed E-state index contributed by atoms with van der Waals surface area (Å²) in [5.74, 6) is 0. The van der Waals surface area contributed by atoms with Gasteiger partial charge >= 0.3 is 0 Å². The fourth-order valence-corrected chi connectivity index (χ4v) is 0.480. The molecule has 0 saturated carbocycles. The fraction of sp³-hybridized carbons (Fsp3) is 0.750. The van der Waals surface area contributed by atoms with Gasteiger partial charge in [0.2, 0.25) is 0 Å². The largest absolute Gasteiger partial charge is 0.394 e. The highest BCUT2D eigenvalue weighted by atomic mass is 16.5. The summed E-state index contributed by atoms with van der Waals surface area (Å²) in [7, 11) is 0. The van der Waals surface area contributed by atoms with Crippen molar-refractivity contribution in [2.24, 2.45) is 0 Å². The minimum Gasteiger partial charge on any atom is -0.394 e. The van der Waals surface area contributed by atoms with Crippen molar-refractivity contribution in [1.29, 1.82) is 0 Å². The molecule has 7 heavy (non-hydrogen) atoms. The van der Waals surface area contributed by atoms with E-state index in [1.807, 2.05) is 0 Å². The van der Waals surface area contributed by atoms with Crippen LogP contribution in [0, 0.1) is 6.73 Å². The first-order valence-electron chi connectivity index (χ1n) is 2.25. The third-order valence-electron chi connectivity index (χ3n) is 0.893. The minimum absolute atomic E-state index is 0.0139. The summed E-state index contributed by atoms with van der Waals surface area (Å²) in [5.41, 5.74) is 0. The zero-order valence-electron chi connectivity index (χ0n) is 3.92. The fourth-order valence-electron chi connectivity index (χ4n) is 0.480. The standard InChI is InChI=1S/C4H8NO2/c6-2-4-1-5-3-7-4/h3-6H,1-2H2.